The molecule has 0 aliphatic carbocycles. The Morgan fingerprint density at radius 1 is 1.42 bits per heavy atom. The molecule has 1 heterocycles. The van der Waals surface area contributed by atoms with Crippen molar-refractivity contribution in [2.45, 2.75) is 25.9 Å². The lowest BCUT2D eigenvalue weighted by Crippen LogP contribution is -2.19. The highest BCUT2D eigenvalue weighted by atomic mass is 32.2. The molecule has 0 fully saturated rings. The van der Waals surface area contributed by atoms with Gasteiger partial charge in [-0.15, -0.1) is 5.10 Å². The molecular formula is C8H13F3N4O3S. The van der Waals surface area contributed by atoms with Crippen molar-refractivity contribution in [1.29, 1.82) is 0 Å². The van der Waals surface area contributed by atoms with Gasteiger partial charge in [-0.3, -0.25) is 4.72 Å². The fourth-order valence-electron chi connectivity index (χ4n) is 1.15. The normalized spacial score (nSPS) is 12.4. The van der Waals surface area contributed by atoms with E-state index in [1.807, 2.05) is 4.72 Å². The number of anilines is 1. The molecular weight excluding hydrogens is 289 g/mol. The number of nitrogens with one attached hydrogen (secondary N) is 2. The molecule has 2 N–H and O–H groups in total. The standard InChI is InChI=1S/C8H13F3N4O3S/c1-2-18-7-12-6(13-14-7)15-19(16,17)5-3-4-8(9,10)11/h2-5H2,1H3,(H2,12,13,14,15). The van der Waals surface area contributed by atoms with Crippen LogP contribution in [0.4, 0.5) is 19.1 Å². The van der Waals surface area contributed by atoms with Crippen LogP contribution in [0.1, 0.15) is 19.8 Å². The van der Waals surface area contributed by atoms with E-state index < -0.39 is 34.8 Å². The molecule has 0 radical (unpaired) electrons. The molecule has 0 saturated heterocycles. The number of alkyl halides is 3. The highest BCUT2D eigenvalue weighted by Crippen LogP contribution is 2.21. The summed E-state index contributed by atoms with van der Waals surface area (Å²) in [4.78, 5) is 3.64. The van der Waals surface area contributed by atoms with E-state index in [1.165, 1.54) is 0 Å². The van der Waals surface area contributed by atoms with Gasteiger partial charge in [0.25, 0.3) is 0 Å². The van der Waals surface area contributed by atoms with Crippen molar-refractivity contribution >= 4 is 16.0 Å². The van der Waals surface area contributed by atoms with Gasteiger partial charge in [0.15, 0.2) is 0 Å². The SMILES string of the molecule is CCOc1n[nH]c(NS(=O)(=O)CCCC(F)(F)F)n1. The van der Waals surface area contributed by atoms with Crippen LogP contribution in [0.15, 0.2) is 0 Å². The van der Waals surface area contributed by atoms with E-state index in [9.17, 15) is 21.6 Å². The summed E-state index contributed by atoms with van der Waals surface area (Å²) in [5, 5.41) is 5.80. The molecule has 1 aromatic heterocycles. The van der Waals surface area contributed by atoms with Crippen LogP contribution in [0, 0.1) is 0 Å². The van der Waals surface area contributed by atoms with Gasteiger partial charge in [0, 0.05) is 6.42 Å². The Labute approximate surface area is 107 Å². The third-order valence-electron chi connectivity index (χ3n) is 1.86. The molecule has 0 atom stereocenters. The summed E-state index contributed by atoms with van der Waals surface area (Å²) in [5.74, 6) is -0.854. The van der Waals surface area contributed by atoms with E-state index in [-0.39, 0.29) is 12.0 Å². The number of hydrogen-bond donors (Lipinski definition) is 2. The maximum absolute atomic E-state index is 11.9. The molecule has 0 saturated carbocycles. The van der Waals surface area contributed by atoms with Gasteiger partial charge < -0.3 is 4.74 Å². The van der Waals surface area contributed by atoms with Crippen LogP contribution in [0.2, 0.25) is 0 Å². The lowest BCUT2D eigenvalue weighted by atomic mass is 10.3. The first-order valence-electron chi connectivity index (χ1n) is 5.34. The molecule has 0 spiro atoms. The van der Waals surface area contributed by atoms with Crippen LogP contribution >= 0.6 is 0 Å². The zero-order chi connectivity index (χ0) is 14.5. The van der Waals surface area contributed by atoms with E-state index in [2.05, 4.69) is 15.2 Å². The third-order valence-corrected chi connectivity index (χ3v) is 3.19. The van der Waals surface area contributed by atoms with E-state index in [0.29, 0.717) is 6.61 Å². The summed E-state index contributed by atoms with van der Waals surface area (Å²) in [6.07, 6.45) is -6.05. The predicted octanol–water partition coefficient (Wildman–Crippen LogP) is 1.29. The Kier molecular flexibility index (Phi) is 4.97. The molecule has 11 heteroatoms. The number of nitrogens with zero attached hydrogens (tertiary/aromatic N) is 2. The lowest BCUT2D eigenvalue weighted by Gasteiger charge is -2.06. The fraction of sp³-hybridized carbons (Fsp3) is 0.750. The molecule has 7 nitrogen and oxygen atoms in total. The lowest BCUT2D eigenvalue weighted by molar-refractivity contribution is -0.134. The van der Waals surface area contributed by atoms with Crippen molar-refractivity contribution < 1.29 is 26.3 Å². The number of sulfonamides is 1. The largest absolute Gasteiger partial charge is 0.463 e. The molecule has 19 heavy (non-hydrogen) atoms. The van der Waals surface area contributed by atoms with E-state index in [1.54, 1.807) is 6.92 Å². The van der Waals surface area contributed by atoms with Gasteiger partial charge in [0.05, 0.1) is 12.4 Å². The smallest absolute Gasteiger partial charge is 0.389 e. The van der Waals surface area contributed by atoms with Crippen molar-refractivity contribution in [3.63, 3.8) is 0 Å². The van der Waals surface area contributed by atoms with Crippen LogP contribution in [0.25, 0.3) is 0 Å². The highest BCUT2D eigenvalue weighted by Gasteiger charge is 2.27. The van der Waals surface area contributed by atoms with Gasteiger partial charge >= 0.3 is 12.2 Å². The number of ether oxygens (including phenoxy) is 1. The molecule has 110 valence electrons. The van der Waals surface area contributed by atoms with Gasteiger partial charge in [-0.25, -0.2) is 13.5 Å². The minimum Gasteiger partial charge on any atom is -0.463 e. The minimum atomic E-state index is -4.37. The monoisotopic (exact) mass is 302 g/mol. The quantitative estimate of drug-likeness (QED) is 0.791. The Morgan fingerprint density at radius 2 is 2.11 bits per heavy atom. The van der Waals surface area contributed by atoms with Gasteiger partial charge in [-0.1, -0.05) is 0 Å². The van der Waals surface area contributed by atoms with Crippen LogP contribution in [-0.4, -0.2) is 42.1 Å². The zero-order valence-electron chi connectivity index (χ0n) is 9.99. The topological polar surface area (TPSA) is 97.0 Å². The van der Waals surface area contributed by atoms with Gasteiger partial charge in [0.1, 0.15) is 0 Å². The summed E-state index contributed by atoms with van der Waals surface area (Å²) in [7, 11) is -3.90. The molecule has 0 bridgehead atoms. The number of H-pyrrole nitrogens is 1. The summed E-state index contributed by atoms with van der Waals surface area (Å²) in [5.41, 5.74) is 0. The first kappa shape index (κ1) is 15.5. The summed E-state index contributed by atoms with van der Waals surface area (Å²) in [6.45, 7) is 1.99. The summed E-state index contributed by atoms with van der Waals surface area (Å²) < 4.78 is 65.4. The van der Waals surface area contributed by atoms with Crippen LogP contribution < -0.4 is 9.46 Å². The second-order valence-electron chi connectivity index (χ2n) is 3.54. The molecule has 0 unspecified atom stereocenters. The van der Waals surface area contributed by atoms with Crippen molar-refractivity contribution in [2.24, 2.45) is 0 Å². The third kappa shape index (κ3) is 6.27. The van der Waals surface area contributed by atoms with Crippen molar-refractivity contribution in [3.8, 4) is 6.01 Å². The molecule has 0 amide bonds. The van der Waals surface area contributed by atoms with Crippen molar-refractivity contribution in [2.75, 3.05) is 17.1 Å². The Hall–Kier alpha value is -1.52. The number of hydrogen-bond acceptors (Lipinski definition) is 5. The van der Waals surface area contributed by atoms with Gasteiger partial charge in [0.2, 0.25) is 16.0 Å². The van der Waals surface area contributed by atoms with Crippen LogP contribution in [0.3, 0.4) is 0 Å². The van der Waals surface area contributed by atoms with Crippen molar-refractivity contribution in [3.05, 3.63) is 0 Å². The number of aromatic amines is 1. The number of aromatic nitrogens is 3. The highest BCUT2D eigenvalue weighted by molar-refractivity contribution is 7.92. The maximum Gasteiger partial charge on any atom is 0.389 e. The van der Waals surface area contributed by atoms with Crippen LogP contribution in [0.5, 0.6) is 6.01 Å². The Bertz CT molecular complexity index is 500. The first-order valence-corrected chi connectivity index (χ1v) is 6.99. The Morgan fingerprint density at radius 3 is 2.68 bits per heavy atom. The maximum atomic E-state index is 11.9. The Balaban J connectivity index is 2.49. The van der Waals surface area contributed by atoms with Crippen molar-refractivity contribution in [1.82, 2.24) is 15.2 Å². The molecule has 1 aromatic rings. The molecule has 0 aliphatic heterocycles. The molecule has 0 aliphatic rings. The number of rotatable bonds is 7. The summed E-state index contributed by atoms with van der Waals surface area (Å²) >= 11 is 0. The minimum absolute atomic E-state index is 0.0458. The van der Waals surface area contributed by atoms with E-state index in [0.717, 1.165) is 0 Å². The van der Waals surface area contributed by atoms with Crippen LogP contribution in [-0.2, 0) is 10.0 Å². The average Bonchev–Trinajstić information content (AvgIpc) is 2.62. The second kappa shape index (κ2) is 6.08. The average molecular weight is 302 g/mol. The van der Waals surface area contributed by atoms with Gasteiger partial charge in [-0.05, 0) is 13.3 Å². The number of halogens is 3. The predicted molar refractivity (Wildman–Crippen MR) is 60.3 cm³/mol. The fourth-order valence-corrected chi connectivity index (χ4v) is 2.16. The zero-order valence-corrected chi connectivity index (χ0v) is 10.8. The molecule has 1 rings (SSSR count). The van der Waals surface area contributed by atoms with E-state index in [4.69, 9.17) is 4.74 Å². The molecule has 0 aromatic carbocycles. The summed E-state index contributed by atoms with van der Waals surface area (Å²) in [6, 6.07) is -0.0458. The second-order valence-corrected chi connectivity index (χ2v) is 5.38. The first-order chi connectivity index (χ1) is 8.72. The van der Waals surface area contributed by atoms with Gasteiger partial charge in [-0.2, -0.15) is 18.2 Å². The van der Waals surface area contributed by atoms with E-state index >= 15 is 0 Å².